The number of nitrogens with one attached hydrogen (secondary N) is 2. The second-order valence-electron chi connectivity index (χ2n) is 4.22. The number of carbonyl (C=O) groups is 1. The Hall–Kier alpha value is -0.870. The Kier molecular flexibility index (Phi) is 6.11. The van der Waals surface area contributed by atoms with Crippen LogP contribution in [0.5, 0.6) is 0 Å². The van der Waals surface area contributed by atoms with E-state index in [4.69, 9.17) is 0 Å². The summed E-state index contributed by atoms with van der Waals surface area (Å²) >= 11 is 0. The van der Waals surface area contributed by atoms with Gasteiger partial charge in [-0.25, -0.2) is 0 Å². The van der Waals surface area contributed by atoms with Gasteiger partial charge in [-0.05, 0) is 25.9 Å². The van der Waals surface area contributed by atoms with Crippen molar-refractivity contribution < 1.29 is 4.79 Å². The molecule has 0 saturated carbocycles. The first-order valence-electron chi connectivity index (χ1n) is 6.09. The van der Waals surface area contributed by atoms with E-state index in [0.717, 1.165) is 26.1 Å². The first-order valence-corrected chi connectivity index (χ1v) is 6.09. The van der Waals surface area contributed by atoms with E-state index in [1.165, 1.54) is 6.42 Å². The van der Waals surface area contributed by atoms with Crippen molar-refractivity contribution in [3.05, 3.63) is 12.7 Å². The van der Waals surface area contributed by atoms with Gasteiger partial charge in [0.2, 0.25) is 5.91 Å². The molecule has 1 saturated heterocycles. The maximum atomic E-state index is 11.6. The Morgan fingerprint density at radius 1 is 1.62 bits per heavy atom. The van der Waals surface area contributed by atoms with Crippen LogP contribution in [-0.2, 0) is 4.79 Å². The van der Waals surface area contributed by atoms with Gasteiger partial charge in [-0.3, -0.25) is 4.79 Å². The number of amides is 1. The maximum absolute atomic E-state index is 11.6. The Bertz CT molecular complexity index is 230. The van der Waals surface area contributed by atoms with Crippen LogP contribution in [-0.4, -0.2) is 49.6 Å². The van der Waals surface area contributed by atoms with E-state index < -0.39 is 0 Å². The van der Waals surface area contributed by atoms with Crippen LogP contribution in [0.1, 0.15) is 19.8 Å². The molecule has 1 heterocycles. The highest BCUT2D eigenvalue weighted by Crippen LogP contribution is 2.08. The van der Waals surface area contributed by atoms with Crippen molar-refractivity contribution >= 4 is 5.91 Å². The largest absolute Gasteiger partial charge is 0.351 e. The quantitative estimate of drug-likeness (QED) is 0.507. The minimum Gasteiger partial charge on any atom is -0.351 e. The number of hydrogen-bond donors (Lipinski definition) is 2. The highest BCUT2D eigenvalue weighted by Gasteiger charge is 2.19. The average Bonchev–Trinajstić information content (AvgIpc) is 2.29. The van der Waals surface area contributed by atoms with Crippen LogP contribution in [0.15, 0.2) is 12.7 Å². The zero-order valence-corrected chi connectivity index (χ0v) is 10.2. The van der Waals surface area contributed by atoms with Gasteiger partial charge in [-0.1, -0.05) is 13.0 Å². The topological polar surface area (TPSA) is 44.4 Å². The Morgan fingerprint density at radius 2 is 2.44 bits per heavy atom. The van der Waals surface area contributed by atoms with Crippen molar-refractivity contribution in [2.45, 2.75) is 25.8 Å². The minimum absolute atomic E-state index is 0.0878. The zero-order chi connectivity index (χ0) is 11.8. The van der Waals surface area contributed by atoms with Gasteiger partial charge in [0.1, 0.15) is 0 Å². The SMILES string of the molecule is C=CCNCC(=O)NC1CCCN(CC)C1. The lowest BCUT2D eigenvalue weighted by atomic mass is 10.1. The van der Waals surface area contributed by atoms with Crippen LogP contribution in [0.2, 0.25) is 0 Å². The molecule has 0 aromatic heterocycles. The van der Waals surface area contributed by atoms with E-state index >= 15 is 0 Å². The third-order valence-corrected chi connectivity index (χ3v) is 2.89. The summed E-state index contributed by atoms with van der Waals surface area (Å²) in [5, 5.41) is 6.07. The highest BCUT2D eigenvalue weighted by molar-refractivity contribution is 5.78. The minimum atomic E-state index is 0.0878. The summed E-state index contributed by atoms with van der Waals surface area (Å²) in [5.74, 6) is 0.0878. The molecule has 0 aromatic rings. The molecule has 1 unspecified atom stereocenters. The molecule has 16 heavy (non-hydrogen) atoms. The summed E-state index contributed by atoms with van der Waals surface area (Å²) in [4.78, 5) is 13.9. The van der Waals surface area contributed by atoms with Gasteiger partial charge in [0, 0.05) is 19.1 Å². The van der Waals surface area contributed by atoms with Crippen molar-refractivity contribution in [2.75, 3.05) is 32.7 Å². The van der Waals surface area contributed by atoms with Crippen molar-refractivity contribution in [3.63, 3.8) is 0 Å². The highest BCUT2D eigenvalue weighted by atomic mass is 16.2. The van der Waals surface area contributed by atoms with Crippen LogP contribution in [0, 0.1) is 0 Å². The molecule has 1 aliphatic heterocycles. The summed E-state index contributed by atoms with van der Waals surface area (Å²) in [5.41, 5.74) is 0. The Morgan fingerprint density at radius 3 is 3.12 bits per heavy atom. The molecule has 0 aliphatic carbocycles. The number of likely N-dealkylation sites (tertiary alicyclic amines) is 1. The van der Waals surface area contributed by atoms with E-state index in [-0.39, 0.29) is 5.91 Å². The third-order valence-electron chi connectivity index (χ3n) is 2.89. The lowest BCUT2D eigenvalue weighted by Crippen LogP contribution is -2.49. The molecule has 0 radical (unpaired) electrons. The summed E-state index contributed by atoms with van der Waals surface area (Å²) in [6.45, 7) is 10.0. The Labute approximate surface area is 98.1 Å². The molecule has 2 N–H and O–H groups in total. The summed E-state index contributed by atoms with van der Waals surface area (Å²) < 4.78 is 0. The van der Waals surface area contributed by atoms with Gasteiger partial charge in [0.15, 0.2) is 0 Å². The second-order valence-corrected chi connectivity index (χ2v) is 4.22. The fraction of sp³-hybridized carbons (Fsp3) is 0.750. The lowest BCUT2D eigenvalue weighted by Gasteiger charge is -2.32. The fourth-order valence-corrected chi connectivity index (χ4v) is 2.03. The molecular formula is C12H23N3O. The van der Waals surface area contributed by atoms with Gasteiger partial charge in [-0.15, -0.1) is 6.58 Å². The van der Waals surface area contributed by atoms with E-state index in [2.05, 4.69) is 29.0 Å². The van der Waals surface area contributed by atoms with Crippen LogP contribution in [0.25, 0.3) is 0 Å². The van der Waals surface area contributed by atoms with Crippen molar-refractivity contribution in [1.82, 2.24) is 15.5 Å². The average molecular weight is 225 g/mol. The van der Waals surface area contributed by atoms with Crippen LogP contribution < -0.4 is 10.6 Å². The van der Waals surface area contributed by atoms with Gasteiger partial charge in [0.05, 0.1) is 6.54 Å². The van der Waals surface area contributed by atoms with Gasteiger partial charge >= 0.3 is 0 Å². The molecule has 4 heteroatoms. The van der Waals surface area contributed by atoms with Crippen LogP contribution >= 0.6 is 0 Å². The van der Waals surface area contributed by atoms with Gasteiger partial charge in [-0.2, -0.15) is 0 Å². The number of likely N-dealkylation sites (N-methyl/N-ethyl adjacent to an activating group) is 1. The standard InChI is InChI=1S/C12H23N3O/c1-3-7-13-9-12(16)14-11-6-5-8-15(4-2)10-11/h3,11,13H,1,4-10H2,2H3,(H,14,16). The molecule has 0 aromatic carbocycles. The first-order chi connectivity index (χ1) is 7.76. The van der Waals surface area contributed by atoms with Gasteiger partial charge in [0.25, 0.3) is 0 Å². The molecule has 0 spiro atoms. The van der Waals surface area contributed by atoms with E-state index in [1.807, 2.05) is 0 Å². The van der Waals surface area contributed by atoms with Crippen molar-refractivity contribution in [1.29, 1.82) is 0 Å². The molecule has 1 aliphatic rings. The molecule has 4 nitrogen and oxygen atoms in total. The number of carbonyl (C=O) groups excluding carboxylic acids is 1. The molecule has 1 fully saturated rings. The second kappa shape index (κ2) is 7.41. The molecule has 1 atom stereocenters. The van der Waals surface area contributed by atoms with E-state index in [1.54, 1.807) is 6.08 Å². The van der Waals surface area contributed by atoms with Crippen LogP contribution in [0.4, 0.5) is 0 Å². The lowest BCUT2D eigenvalue weighted by molar-refractivity contribution is -0.121. The fourth-order valence-electron chi connectivity index (χ4n) is 2.03. The van der Waals surface area contributed by atoms with Gasteiger partial charge < -0.3 is 15.5 Å². The first kappa shape index (κ1) is 13.2. The molecule has 92 valence electrons. The number of piperidine rings is 1. The van der Waals surface area contributed by atoms with Crippen molar-refractivity contribution in [2.24, 2.45) is 0 Å². The number of hydrogen-bond acceptors (Lipinski definition) is 3. The molecular weight excluding hydrogens is 202 g/mol. The number of rotatable bonds is 6. The summed E-state index contributed by atoms with van der Waals surface area (Å²) in [6, 6.07) is 0.326. The zero-order valence-electron chi connectivity index (χ0n) is 10.2. The Balaban J connectivity index is 2.19. The number of nitrogens with zero attached hydrogens (tertiary/aromatic N) is 1. The molecule has 1 amide bonds. The van der Waals surface area contributed by atoms with E-state index in [9.17, 15) is 4.79 Å². The van der Waals surface area contributed by atoms with Crippen molar-refractivity contribution in [3.8, 4) is 0 Å². The smallest absolute Gasteiger partial charge is 0.234 e. The van der Waals surface area contributed by atoms with Crippen LogP contribution in [0.3, 0.4) is 0 Å². The van der Waals surface area contributed by atoms with E-state index in [0.29, 0.717) is 19.1 Å². The summed E-state index contributed by atoms with van der Waals surface area (Å²) in [7, 11) is 0. The molecule has 1 rings (SSSR count). The summed E-state index contributed by atoms with van der Waals surface area (Å²) in [6.07, 6.45) is 4.04. The monoisotopic (exact) mass is 225 g/mol. The third kappa shape index (κ3) is 4.77. The maximum Gasteiger partial charge on any atom is 0.234 e. The normalized spacial score (nSPS) is 21.7. The predicted octanol–water partition coefficient (Wildman–Crippen LogP) is 0.363. The predicted molar refractivity (Wildman–Crippen MR) is 66.3 cm³/mol. The molecule has 0 bridgehead atoms.